The number of hydrogen-bond acceptors (Lipinski definition) is 5. The second-order valence-electron chi connectivity index (χ2n) is 2.65. The number of nitrogens with one attached hydrogen (secondary N) is 1. The summed E-state index contributed by atoms with van der Waals surface area (Å²) in [5, 5.41) is 12.3. The SMILES string of the molecule is C=C1CN=C([N+](=O)[O-])N1.c1ccncc1. The first-order valence-corrected chi connectivity index (χ1v) is 4.19. The number of aromatic nitrogens is 1. The van der Waals surface area contributed by atoms with Crippen LogP contribution in [0.1, 0.15) is 0 Å². The Bertz CT molecular complexity index is 348. The maximum absolute atomic E-state index is 9.92. The van der Waals surface area contributed by atoms with Crippen molar-refractivity contribution in [2.24, 2.45) is 4.99 Å². The van der Waals surface area contributed by atoms with Crippen molar-refractivity contribution >= 4 is 5.96 Å². The van der Waals surface area contributed by atoms with Crippen LogP contribution in [0, 0.1) is 10.1 Å². The Morgan fingerprint density at radius 2 is 2.07 bits per heavy atom. The summed E-state index contributed by atoms with van der Waals surface area (Å²) in [4.78, 5) is 16.7. The summed E-state index contributed by atoms with van der Waals surface area (Å²) >= 11 is 0. The minimum atomic E-state index is -0.571. The maximum atomic E-state index is 9.92. The Labute approximate surface area is 86.5 Å². The molecule has 6 heteroatoms. The third kappa shape index (κ3) is 3.99. The van der Waals surface area contributed by atoms with Crippen molar-refractivity contribution in [3.8, 4) is 0 Å². The van der Waals surface area contributed by atoms with Gasteiger partial charge in [0.25, 0.3) is 0 Å². The first kappa shape index (κ1) is 10.8. The summed E-state index contributed by atoms with van der Waals surface area (Å²) in [7, 11) is 0. The van der Waals surface area contributed by atoms with Crippen LogP contribution in [0.2, 0.25) is 0 Å². The average Bonchev–Trinajstić information content (AvgIpc) is 2.69. The van der Waals surface area contributed by atoms with E-state index in [1.165, 1.54) is 0 Å². The number of nitro groups is 1. The highest BCUT2D eigenvalue weighted by molar-refractivity contribution is 5.75. The van der Waals surface area contributed by atoms with Gasteiger partial charge in [0.1, 0.15) is 5.70 Å². The monoisotopic (exact) mass is 206 g/mol. The van der Waals surface area contributed by atoms with Crippen molar-refractivity contribution in [2.45, 2.75) is 0 Å². The molecule has 1 aromatic rings. The van der Waals surface area contributed by atoms with Crippen molar-refractivity contribution in [3.05, 3.63) is 53.0 Å². The number of aliphatic imine (C=N–C) groups is 1. The number of guanidine groups is 1. The van der Waals surface area contributed by atoms with E-state index in [4.69, 9.17) is 0 Å². The van der Waals surface area contributed by atoms with Crippen LogP contribution in [0.15, 0.2) is 47.9 Å². The van der Waals surface area contributed by atoms with Gasteiger partial charge in [-0.2, -0.15) is 0 Å². The van der Waals surface area contributed by atoms with Crippen molar-refractivity contribution in [1.82, 2.24) is 10.3 Å². The van der Waals surface area contributed by atoms with Crippen LogP contribution in [0.5, 0.6) is 0 Å². The zero-order valence-electron chi connectivity index (χ0n) is 7.96. The highest BCUT2D eigenvalue weighted by Gasteiger charge is 2.19. The van der Waals surface area contributed by atoms with Gasteiger partial charge in [-0.15, -0.1) is 4.99 Å². The van der Waals surface area contributed by atoms with Crippen LogP contribution >= 0.6 is 0 Å². The first-order chi connectivity index (χ1) is 7.20. The molecule has 0 atom stereocenters. The molecule has 6 nitrogen and oxygen atoms in total. The quantitative estimate of drug-likeness (QED) is 0.503. The van der Waals surface area contributed by atoms with E-state index in [1.54, 1.807) is 12.4 Å². The van der Waals surface area contributed by atoms with Gasteiger partial charge in [-0.1, -0.05) is 12.6 Å². The normalized spacial score (nSPS) is 13.3. The molecule has 2 heterocycles. The van der Waals surface area contributed by atoms with Gasteiger partial charge in [0, 0.05) is 12.4 Å². The molecule has 78 valence electrons. The summed E-state index contributed by atoms with van der Waals surface area (Å²) in [5.74, 6) is -0.208. The van der Waals surface area contributed by atoms with Gasteiger partial charge < -0.3 is 10.1 Å². The molecule has 2 rings (SSSR count). The van der Waals surface area contributed by atoms with Crippen LogP contribution in [0.25, 0.3) is 0 Å². The molecule has 15 heavy (non-hydrogen) atoms. The molecule has 1 aromatic heterocycles. The molecule has 0 bridgehead atoms. The fourth-order valence-electron chi connectivity index (χ4n) is 0.823. The van der Waals surface area contributed by atoms with Gasteiger partial charge in [0.05, 0.1) is 0 Å². The van der Waals surface area contributed by atoms with E-state index in [9.17, 15) is 10.1 Å². The van der Waals surface area contributed by atoms with Gasteiger partial charge in [0.2, 0.25) is 0 Å². The van der Waals surface area contributed by atoms with Crippen LogP contribution in [0.4, 0.5) is 0 Å². The van der Waals surface area contributed by atoms with E-state index in [0.29, 0.717) is 12.2 Å². The first-order valence-electron chi connectivity index (χ1n) is 4.19. The highest BCUT2D eigenvalue weighted by Crippen LogP contribution is 1.95. The van der Waals surface area contributed by atoms with Gasteiger partial charge >= 0.3 is 5.96 Å². The minimum Gasteiger partial charge on any atom is -0.390 e. The van der Waals surface area contributed by atoms with Crippen LogP contribution < -0.4 is 5.32 Å². The van der Waals surface area contributed by atoms with E-state index in [2.05, 4.69) is 21.9 Å². The number of hydrogen-bond donors (Lipinski definition) is 1. The molecule has 1 aliphatic rings. The van der Waals surface area contributed by atoms with Gasteiger partial charge in [0.15, 0.2) is 6.54 Å². The smallest absolute Gasteiger partial charge is 0.390 e. The van der Waals surface area contributed by atoms with Gasteiger partial charge in [-0.05, 0) is 17.1 Å². The third-order valence-electron chi connectivity index (χ3n) is 1.45. The lowest BCUT2D eigenvalue weighted by molar-refractivity contribution is -0.354. The molecule has 0 amide bonds. The molecule has 0 spiro atoms. The lowest BCUT2D eigenvalue weighted by Crippen LogP contribution is -2.24. The standard InChI is InChI=1S/C5H5N.C4H5N3O2/c1-2-4-6-5-3-1;1-3-2-5-4(6-3)7(8)9/h1-5H;1-2H2,(H,5,6). The Balaban J connectivity index is 0.000000162. The van der Waals surface area contributed by atoms with Crippen LogP contribution in [-0.4, -0.2) is 22.4 Å². The molecule has 0 radical (unpaired) electrons. The summed E-state index contributed by atoms with van der Waals surface area (Å²) < 4.78 is 0. The molecular formula is C9H10N4O2. The number of rotatable bonds is 0. The van der Waals surface area contributed by atoms with E-state index < -0.39 is 4.92 Å². The second-order valence-corrected chi connectivity index (χ2v) is 2.65. The Hall–Kier alpha value is -2.24. The Morgan fingerprint density at radius 3 is 2.27 bits per heavy atom. The van der Waals surface area contributed by atoms with E-state index in [0.717, 1.165) is 0 Å². The van der Waals surface area contributed by atoms with E-state index >= 15 is 0 Å². The predicted octanol–water partition coefficient (Wildman–Crippen LogP) is 0.818. The van der Waals surface area contributed by atoms with E-state index in [1.807, 2.05) is 18.2 Å². The zero-order valence-corrected chi connectivity index (χ0v) is 7.96. The third-order valence-corrected chi connectivity index (χ3v) is 1.45. The van der Waals surface area contributed by atoms with Crippen molar-refractivity contribution in [2.75, 3.05) is 6.54 Å². The lowest BCUT2D eigenvalue weighted by Gasteiger charge is -1.91. The van der Waals surface area contributed by atoms with Crippen molar-refractivity contribution in [3.63, 3.8) is 0 Å². The molecule has 0 saturated heterocycles. The molecule has 1 N–H and O–H groups in total. The van der Waals surface area contributed by atoms with Gasteiger partial charge in [-0.3, -0.25) is 4.98 Å². The zero-order chi connectivity index (χ0) is 11.1. The molecular weight excluding hydrogens is 196 g/mol. The molecule has 0 fully saturated rings. The topological polar surface area (TPSA) is 80.4 Å². The highest BCUT2D eigenvalue weighted by atomic mass is 16.6. The lowest BCUT2D eigenvalue weighted by atomic mass is 10.5. The van der Waals surface area contributed by atoms with Crippen molar-refractivity contribution < 1.29 is 4.92 Å². The van der Waals surface area contributed by atoms with E-state index in [-0.39, 0.29) is 5.96 Å². The Kier molecular flexibility index (Phi) is 3.96. The second kappa shape index (κ2) is 5.48. The van der Waals surface area contributed by atoms with Crippen LogP contribution in [0.3, 0.4) is 0 Å². The molecule has 0 saturated carbocycles. The molecule has 0 aliphatic carbocycles. The fraction of sp³-hybridized carbons (Fsp3) is 0.111. The predicted molar refractivity (Wildman–Crippen MR) is 55.8 cm³/mol. The van der Waals surface area contributed by atoms with Crippen LogP contribution in [-0.2, 0) is 0 Å². The summed E-state index contributed by atoms with van der Waals surface area (Å²) in [6, 6.07) is 5.72. The number of nitrogens with zero attached hydrogens (tertiary/aromatic N) is 3. The summed E-state index contributed by atoms with van der Waals surface area (Å²) in [6.45, 7) is 3.77. The molecule has 0 unspecified atom stereocenters. The average molecular weight is 206 g/mol. The van der Waals surface area contributed by atoms with Crippen molar-refractivity contribution in [1.29, 1.82) is 0 Å². The largest absolute Gasteiger partial charge is 0.427 e. The molecule has 0 aromatic carbocycles. The minimum absolute atomic E-state index is 0.208. The van der Waals surface area contributed by atoms with Gasteiger partial charge in [-0.25, -0.2) is 5.32 Å². The maximum Gasteiger partial charge on any atom is 0.427 e. The Morgan fingerprint density at radius 1 is 1.40 bits per heavy atom. The number of pyridine rings is 1. The summed E-state index contributed by atoms with van der Waals surface area (Å²) in [5.41, 5.74) is 0.571. The summed E-state index contributed by atoms with van der Waals surface area (Å²) in [6.07, 6.45) is 3.50. The fourth-order valence-corrected chi connectivity index (χ4v) is 0.823. The molecule has 1 aliphatic heterocycles.